The molecule has 3 rings (SSSR count). The van der Waals surface area contributed by atoms with E-state index in [4.69, 9.17) is 0 Å². The van der Waals surface area contributed by atoms with Crippen molar-refractivity contribution in [2.75, 3.05) is 5.32 Å². The van der Waals surface area contributed by atoms with E-state index in [1.165, 1.54) is 16.9 Å². The predicted octanol–water partition coefficient (Wildman–Crippen LogP) is 3.83. The smallest absolute Gasteiger partial charge is 0.257 e. The monoisotopic (exact) mass is 286 g/mol. The Morgan fingerprint density at radius 1 is 1.45 bits per heavy atom. The average molecular weight is 286 g/mol. The van der Waals surface area contributed by atoms with Crippen molar-refractivity contribution in [3.63, 3.8) is 0 Å². The molecule has 20 heavy (non-hydrogen) atoms. The molecule has 0 aliphatic heterocycles. The van der Waals surface area contributed by atoms with Gasteiger partial charge < -0.3 is 5.32 Å². The zero-order valence-electron chi connectivity index (χ0n) is 11.8. The molecule has 1 atom stereocenters. The van der Waals surface area contributed by atoms with Crippen LogP contribution in [0.2, 0.25) is 0 Å². The Balaban J connectivity index is 1.81. The van der Waals surface area contributed by atoms with Gasteiger partial charge in [-0.2, -0.15) is 0 Å². The highest BCUT2D eigenvalue weighted by Crippen LogP contribution is 2.33. The maximum atomic E-state index is 12.4. The molecule has 104 valence electrons. The molecule has 0 radical (unpaired) electrons. The highest BCUT2D eigenvalue weighted by atomic mass is 32.1. The van der Waals surface area contributed by atoms with Crippen molar-refractivity contribution in [1.82, 2.24) is 4.98 Å². The van der Waals surface area contributed by atoms with Gasteiger partial charge in [-0.05, 0) is 49.8 Å². The van der Waals surface area contributed by atoms with Gasteiger partial charge in [0.25, 0.3) is 5.91 Å². The third-order valence-electron chi connectivity index (χ3n) is 3.78. The summed E-state index contributed by atoms with van der Waals surface area (Å²) in [5.41, 5.74) is 2.99. The summed E-state index contributed by atoms with van der Waals surface area (Å²) in [6.45, 7) is 4.20. The number of amides is 1. The zero-order chi connectivity index (χ0) is 14.1. The van der Waals surface area contributed by atoms with E-state index in [1.54, 1.807) is 11.3 Å². The molecule has 2 aromatic heterocycles. The summed E-state index contributed by atoms with van der Waals surface area (Å²) < 4.78 is 0. The minimum absolute atomic E-state index is 0.0323. The molecule has 2 aromatic rings. The van der Waals surface area contributed by atoms with Crippen LogP contribution in [0.5, 0.6) is 0 Å². The molecule has 3 nitrogen and oxygen atoms in total. The largest absolute Gasteiger partial charge is 0.307 e. The van der Waals surface area contributed by atoms with Crippen LogP contribution < -0.4 is 5.32 Å². The summed E-state index contributed by atoms with van der Waals surface area (Å²) in [6.07, 6.45) is 3.30. The number of carbonyl (C=O) groups excluding carboxylic acids is 1. The molecule has 1 aliphatic rings. The van der Waals surface area contributed by atoms with Crippen LogP contribution in [0, 0.1) is 12.8 Å². The van der Waals surface area contributed by atoms with E-state index in [0.717, 1.165) is 30.0 Å². The lowest BCUT2D eigenvalue weighted by Crippen LogP contribution is -2.17. The zero-order valence-corrected chi connectivity index (χ0v) is 12.6. The van der Waals surface area contributed by atoms with E-state index in [-0.39, 0.29) is 5.91 Å². The first-order valence-electron chi connectivity index (χ1n) is 6.97. The normalized spacial score (nSPS) is 17.6. The Bertz CT molecular complexity index is 648. The molecule has 0 bridgehead atoms. The van der Waals surface area contributed by atoms with Crippen LogP contribution in [-0.4, -0.2) is 10.9 Å². The van der Waals surface area contributed by atoms with E-state index in [0.29, 0.717) is 5.82 Å². The summed E-state index contributed by atoms with van der Waals surface area (Å²) in [4.78, 5) is 18.1. The standard InChI is InChI=1S/C16H18N2OS/c1-10-6-7-12-13(9-20-14(12)8-10)16(19)18-15-5-3-4-11(2)17-15/h3-5,9-10H,6-8H2,1-2H3,(H,17,18,19)/t10-/m0/s1. The number of pyridine rings is 1. The van der Waals surface area contributed by atoms with Crippen molar-refractivity contribution in [3.05, 3.63) is 45.3 Å². The molecule has 1 amide bonds. The predicted molar refractivity (Wildman–Crippen MR) is 82.4 cm³/mol. The molecule has 0 saturated heterocycles. The maximum Gasteiger partial charge on any atom is 0.257 e. The number of aryl methyl sites for hydroxylation is 1. The Morgan fingerprint density at radius 3 is 3.10 bits per heavy atom. The van der Waals surface area contributed by atoms with Crippen LogP contribution in [0.4, 0.5) is 5.82 Å². The van der Waals surface area contributed by atoms with Crippen LogP contribution in [-0.2, 0) is 12.8 Å². The fourth-order valence-electron chi connectivity index (χ4n) is 2.66. The summed E-state index contributed by atoms with van der Waals surface area (Å²) in [7, 11) is 0. The molecule has 1 N–H and O–H groups in total. The van der Waals surface area contributed by atoms with Gasteiger partial charge >= 0.3 is 0 Å². The van der Waals surface area contributed by atoms with Gasteiger partial charge in [0.2, 0.25) is 0 Å². The minimum Gasteiger partial charge on any atom is -0.307 e. The Hall–Kier alpha value is -1.68. The van der Waals surface area contributed by atoms with Gasteiger partial charge in [0.15, 0.2) is 0 Å². The highest BCUT2D eigenvalue weighted by molar-refractivity contribution is 7.10. The van der Waals surface area contributed by atoms with E-state index < -0.39 is 0 Å². The lowest BCUT2D eigenvalue weighted by Gasteiger charge is -2.18. The van der Waals surface area contributed by atoms with Gasteiger partial charge in [-0.1, -0.05) is 13.0 Å². The van der Waals surface area contributed by atoms with E-state index >= 15 is 0 Å². The lowest BCUT2D eigenvalue weighted by atomic mass is 9.88. The van der Waals surface area contributed by atoms with Crippen LogP contribution in [0.25, 0.3) is 0 Å². The second-order valence-corrected chi connectivity index (χ2v) is 6.48. The lowest BCUT2D eigenvalue weighted by molar-refractivity contribution is 0.102. The van der Waals surface area contributed by atoms with Crippen LogP contribution in [0.1, 0.15) is 39.8 Å². The molecule has 0 spiro atoms. The van der Waals surface area contributed by atoms with Crippen molar-refractivity contribution in [3.8, 4) is 0 Å². The van der Waals surface area contributed by atoms with Crippen molar-refractivity contribution in [2.24, 2.45) is 5.92 Å². The summed E-state index contributed by atoms with van der Waals surface area (Å²) >= 11 is 1.72. The van der Waals surface area contributed by atoms with Crippen molar-refractivity contribution in [2.45, 2.75) is 33.1 Å². The van der Waals surface area contributed by atoms with Gasteiger partial charge in [0.1, 0.15) is 5.82 Å². The number of hydrogen-bond acceptors (Lipinski definition) is 3. The van der Waals surface area contributed by atoms with Gasteiger partial charge in [-0.25, -0.2) is 4.98 Å². The first kappa shape index (κ1) is 13.3. The third-order valence-corrected chi connectivity index (χ3v) is 4.83. The summed E-state index contributed by atoms with van der Waals surface area (Å²) in [5.74, 6) is 1.32. The number of hydrogen-bond donors (Lipinski definition) is 1. The fraction of sp³-hybridized carbons (Fsp3) is 0.375. The van der Waals surface area contributed by atoms with Gasteiger partial charge in [0, 0.05) is 16.0 Å². The maximum absolute atomic E-state index is 12.4. The minimum atomic E-state index is -0.0323. The van der Waals surface area contributed by atoms with Crippen LogP contribution >= 0.6 is 11.3 Å². The second kappa shape index (κ2) is 5.37. The van der Waals surface area contributed by atoms with Gasteiger partial charge in [-0.3, -0.25) is 4.79 Å². The number of nitrogens with zero attached hydrogens (tertiary/aromatic N) is 1. The van der Waals surface area contributed by atoms with Gasteiger partial charge in [-0.15, -0.1) is 11.3 Å². The number of thiophene rings is 1. The summed E-state index contributed by atoms with van der Waals surface area (Å²) in [6, 6.07) is 5.65. The first-order chi connectivity index (χ1) is 9.63. The number of carbonyl (C=O) groups is 1. The average Bonchev–Trinajstić information content (AvgIpc) is 2.81. The number of nitrogens with one attached hydrogen (secondary N) is 1. The number of rotatable bonds is 2. The molecule has 0 aromatic carbocycles. The number of anilines is 1. The van der Waals surface area contributed by atoms with Crippen molar-refractivity contribution in [1.29, 1.82) is 0 Å². The molecule has 0 fully saturated rings. The fourth-order valence-corrected chi connectivity index (χ4v) is 3.91. The van der Waals surface area contributed by atoms with E-state index in [2.05, 4.69) is 17.2 Å². The number of fused-ring (bicyclic) bond motifs is 1. The topological polar surface area (TPSA) is 42.0 Å². The van der Waals surface area contributed by atoms with Crippen molar-refractivity contribution >= 4 is 23.1 Å². The molecule has 4 heteroatoms. The highest BCUT2D eigenvalue weighted by Gasteiger charge is 2.23. The first-order valence-corrected chi connectivity index (χ1v) is 7.85. The second-order valence-electron chi connectivity index (χ2n) is 5.52. The molecule has 1 aliphatic carbocycles. The Kier molecular flexibility index (Phi) is 3.57. The molecular weight excluding hydrogens is 268 g/mol. The molecule has 0 saturated carbocycles. The molecule has 0 unspecified atom stereocenters. The quantitative estimate of drug-likeness (QED) is 0.911. The van der Waals surface area contributed by atoms with E-state index in [9.17, 15) is 4.79 Å². The number of aromatic nitrogens is 1. The molecular formula is C16H18N2OS. The Morgan fingerprint density at radius 2 is 2.30 bits per heavy atom. The molecule has 2 heterocycles. The van der Waals surface area contributed by atoms with Crippen LogP contribution in [0.3, 0.4) is 0 Å². The SMILES string of the molecule is Cc1cccc(NC(=O)c2csc3c2CC[C@H](C)C3)n1. The van der Waals surface area contributed by atoms with E-state index in [1.807, 2.05) is 30.5 Å². The Labute approximate surface area is 123 Å². The van der Waals surface area contributed by atoms with Gasteiger partial charge in [0.05, 0.1) is 5.56 Å². The van der Waals surface area contributed by atoms with Crippen LogP contribution in [0.15, 0.2) is 23.6 Å². The third kappa shape index (κ3) is 2.61. The van der Waals surface area contributed by atoms with Crippen molar-refractivity contribution < 1.29 is 4.79 Å². The summed E-state index contributed by atoms with van der Waals surface area (Å²) in [5, 5.41) is 4.90.